The molecule has 0 aliphatic rings. The van der Waals surface area contributed by atoms with E-state index in [0.29, 0.717) is 4.31 Å². The summed E-state index contributed by atoms with van der Waals surface area (Å²) in [5.41, 5.74) is 0.912. The fourth-order valence-corrected chi connectivity index (χ4v) is 4.41. The van der Waals surface area contributed by atoms with Crippen molar-refractivity contribution in [1.82, 2.24) is 0 Å². The van der Waals surface area contributed by atoms with Crippen LogP contribution >= 0.6 is 0 Å². The van der Waals surface area contributed by atoms with Gasteiger partial charge in [0.1, 0.15) is 5.82 Å². The second-order valence-corrected chi connectivity index (χ2v) is 8.42. The first kappa shape index (κ1) is 20.7. The zero-order valence-electron chi connectivity index (χ0n) is 16.1. The van der Waals surface area contributed by atoms with Crippen LogP contribution < -0.4 is 4.31 Å². The van der Waals surface area contributed by atoms with Crippen molar-refractivity contribution >= 4 is 21.6 Å². The highest BCUT2D eigenvalue weighted by molar-refractivity contribution is 7.93. The van der Waals surface area contributed by atoms with E-state index in [4.69, 9.17) is 0 Å². The lowest BCUT2D eigenvalue weighted by Gasteiger charge is -2.23. The molecule has 4 nitrogen and oxygen atoms in total. The lowest BCUT2D eigenvalue weighted by molar-refractivity contribution is 0.100. The van der Waals surface area contributed by atoms with Gasteiger partial charge in [-0.15, -0.1) is 0 Å². The third kappa shape index (κ3) is 4.54. The Kier molecular flexibility index (Phi) is 6.44. The highest BCUT2D eigenvalue weighted by Gasteiger charge is 2.33. The molecule has 0 heterocycles. The number of benzene rings is 3. The van der Waals surface area contributed by atoms with E-state index in [1.54, 1.807) is 42.5 Å². The van der Waals surface area contributed by atoms with E-state index in [1.807, 2.05) is 0 Å². The first-order valence-electron chi connectivity index (χ1n) is 9.43. The average Bonchev–Trinajstić information content (AvgIpc) is 2.74. The van der Waals surface area contributed by atoms with E-state index < -0.39 is 21.7 Å². The number of anilines is 1. The summed E-state index contributed by atoms with van der Waals surface area (Å²) < 4.78 is 41.5. The minimum atomic E-state index is -4.23. The number of nitrogens with zero attached hydrogens (tertiary/aromatic N) is 1. The van der Waals surface area contributed by atoms with Crippen molar-refractivity contribution in [1.29, 1.82) is 0 Å². The molecule has 0 saturated carbocycles. The smallest absolute Gasteiger partial charge is 0.267 e. The highest BCUT2D eigenvalue weighted by Crippen LogP contribution is 2.27. The molecule has 3 aromatic carbocycles. The zero-order valence-corrected chi connectivity index (χ0v) is 16.9. The summed E-state index contributed by atoms with van der Waals surface area (Å²) in [5, 5.41) is 0. The van der Waals surface area contributed by atoms with Crippen LogP contribution in [0.5, 0.6) is 0 Å². The van der Waals surface area contributed by atoms with Crippen LogP contribution in [0.2, 0.25) is 0 Å². The Balaban J connectivity index is 2.09. The maximum Gasteiger partial charge on any atom is 0.275 e. The van der Waals surface area contributed by atoms with Crippen LogP contribution in [-0.2, 0) is 16.4 Å². The molecule has 3 rings (SSSR count). The Morgan fingerprint density at radius 1 is 0.897 bits per heavy atom. The number of unbranched alkanes of at least 4 members (excludes halogenated alkanes) is 1. The molecule has 3 aromatic rings. The molecule has 29 heavy (non-hydrogen) atoms. The zero-order chi connectivity index (χ0) is 20.9. The number of sulfonamides is 1. The third-order valence-electron chi connectivity index (χ3n) is 4.56. The second kappa shape index (κ2) is 9.01. The van der Waals surface area contributed by atoms with E-state index in [0.717, 1.165) is 30.9 Å². The van der Waals surface area contributed by atoms with Crippen molar-refractivity contribution < 1.29 is 17.6 Å². The number of aryl methyl sites for hydroxylation is 1. The summed E-state index contributed by atoms with van der Waals surface area (Å²) in [6.07, 6.45) is 2.92. The molecule has 0 aromatic heterocycles. The van der Waals surface area contributed by atoms with Crippen molar-refractivity contribution in [2.75, 3.05) is 4.31 Å². The number of carbonyl (C=O) groups is 1. The summed E-state index contributed by atoms with van der Waals surface area (Å²) in [6.45, 7) is 2.09. The monoisotopic (exact) mass is 411 g/mol. The number of carbonyl (C=O) groups excluding carboxylic acids is 1. The van der Waals surface area contributed by atoms with E-state index >= 15 is 0 Å². The Morgan fingerprint density at radius 2 is 1.52 bits per heavy atom. The number of amides is 1. The molecule has 0 unspecified atom stereocenters. The average molecular weight is 411 g/mol. The van der Waals surface area contributed by atoms with E-state index in [-0.39, 0.29) is 16.1 Å². The summed E-state index contributed by atoms with van der Waals surface area (Å²) in [7, 11) is -4.23. The van der Waals surface area contributed by atoms with Gasteiger partial charge in [-0.1, -0.05) is 55.8 Å². The fraction of sp³-hybridized carbons (Fsp3) is 0.174. The second-order valence-electron chi connectivity index (χ2n) is 6.64. The van der Waals surface area contributed by atoms with Crippen LogP contribution in [0.3, 0.4) is 0 Å². The summed E-state index contributed by atoms with van der Waals surface area (Å²) in [5.74, 6) is -1.71. The Morgan fingerprint density at radius 3 is 2.14 bits per heavy atom. The standard InChI is InChI=1S/C23H22FNO3S/c1-2-3-9-18-14-16-19(17-15-18)25(23(26)21-12-7-8-13-22(21)24)29(27,28)20-10-5-4-6-11-20/h4-8,10-17H,2-3,9H2,1H3. The van der Waals surface area contributed by atoms with E-state index in [9.17, 15) is 17.6 Å². The molecule has 150 valence electrons. The van der Waals surface area contributed by atoms with Crippen LogP contribution in [0.4, 0.5) is 10.1 Å². The predicted octanol–water partition coefficient (Wildman–Crippen LogP) is 5.20. The number of rotatable bonds is 7. The molecule has 0 atom stereocenters. The lowest BCUT2D eigenvalue weighted by Crippen LogP contribution is -2.37. The first-order chi connectivity index (χ1) is 13.9. The predicted molar refractivity (Wildman–Crippen MR) is 112 cm³/mol. The number of hydrogen-bond acceptors (Lipinski definition) is 3. The summed E-state index contributed by atoms with van der Waals surface area (Å²) in [4.78, 5) is 13.1. The van der Waals surface area contributed by atoms with Gasteiger partial charge in [0.15, 0.2) is 0 Å². The molecule has 1 amide bonds. The van der Waals surface area contributed by atoms with Crippen molar-refractivity contribution in [3.8, 4) is 0 Å². The van der Waals surface area contributed by atoms with Gasteiger partial charge in [0.25, 0.3) is 15.9 Å². The minimum absolute atomic E-state index is 0.0419. The van der Waals surface area contributed by atoms with Gasteiger partial charge in [-0.25, -0.2) is 12.8 Å². The molecule has 0 fully saturated rings. The van der Waals surface area contributed by atoms with Crippen molar-refractivity contribution in [2.45, 2.75) is 31.1 Å². The van der Waals surface area contributed by atoms with Gasteiger partial charge in [-0.2, -0.15) is 4.31 Å². The van der Waals surface area contributed by atoms with Gasteiger partial charge in [0, 0.05) is 0 Å². The fourth-order valence-electron chi connectivity index (χ4n) is 2.99. The third-order valence-corrected chi connectivity index (χ3v) is 6.29. The normalized spacial score (nSPS) is 11.2. The van der Waals surface area contributed by atoms with Gasteiger partial charge < -0.3 is 0 Å². The SMILES string of the molecule is CCCCc1ccc(N(C(=O)c2ccccc2F)S(=O)(=O)c2ccccc2)cc1. The molecule has 0 spiro atoms. The lowest BCUT2D eigenvalue weighted by atomic mass is 10.1. The van der Waals surface area contributed by atoms with Crippen molar-refractivity contribution in [3.05, 3.63) is 95.8 Å². The van der Waals surface area contributed by atoms with Crippen molar-refractivity contribution in [2.24, 2.45) is 0 Å². The van der Waals surface area contributed by atoms with Gasteiger partial charge in [-0.3, -0.25) is 4.79 Å². The van der Waals surface area contributed by atoms with Crippen LogP contribution in [0.1, 0.15) is 35.7 Å². The quantitative estimate of drug-likeness (QED) is 0.537. The summed E-state index contributed by atoms with van der Waals surface area (Å²) >= 11 is 0. The topological polar surface area (TPSA) is 54.5 Å². The van der Waals surface area contributed by atoms with Crippen molar-refractivity contribution in [3.63, 3.8) is 0 Å². The Bertz CT molecular complexity index is 1080. The van der Waals surface area contributed by atoms with E-state index in [2.05, 4.69) is 6.92 Å². The molecule has 0 aliphatic heterocycles. The van der Waals surface area contributed by atoms with Gasteiger partial charge in [0.05, 0.1) is 16.1 Å². The maximum absolute atomic E-state index is 14.3. The Labute approximate surface area is 170 Å². The minimum Gasteiger partial charge on any atom is -0.267 e. The molecule has 0 bridgehead atoms. The van der Waals surface area contributed by atoms with Crippen LogP contribution in [0.15, 0.2) is 83.8 Å². The molecular formula is C23H22FNO3S. The summed E-state index contributed by atoms with van der Waals surface area (Å²) in [6, 6.07) is 19.8. The number of halogens is 1. The molecule has 0 saturated heterocycles. The first-order valence-corrected chi connectivity index (χ1v) is 10.9. The molecule has 0 N–H and O–H groups in total. The molecule has 6 heteroatoms. The largest absolute Gasteiger partial charge is 0.275 e. The van der Waals surface area contributed by atoms with Crippen LogP contribution in [0.25, 0.3) is 0 Å². The highest BCUT2D eigenvalue weighted by atomic mass is 32.2. The van der Waals surface area contributed by atoms with Gasteiger partial charge in [0.2, 0.25) is 0 Å². The van der Waals surface area contributed by atoms with Gasteiger partial charge >= 0.3 is 0 Å². The van der Waals surface area contributed by atoms with Crippen LogP contribution in [-0.4, -0.2) is 14.3 Å². The van der Waals surface area contributed by atoms with E-state index in [1.165, 1.54) is 30.3 Å². The molecule has 0 aliphatic carbocycles. The molecule has 0 radical (unpaired) electrons. The number of hydrogen-bond donors (Lipinski definition) is 0. The molecular weight excluding hydrogens is 389 g/mol. The van der Waals surface area contributed by atoms with Crippen LogP contribution in [0, 0.1) is 5.82 Å². The maximum atomic E-state index is 14.3. The van der Waals surface area contributed by atoms with Gasteiger partial charge in [-0.05, 0) is 54.8 Å². The Hall–Kier alpha value is -2.99.